The molecule has 1 N–H and O–H groups in total. The van der Waals surface area contributed by atoms with Gasteiger partial charge in [0.25, 0.3) is 10.0 Å². The molecule has 0 radical (unpaired) electrons. The van der Waals surface area contributed by atoms with Crippen LogP contribution in [-0.2, 0) is 16.6 Å². The third kappa shape index (κ3) is 2.66. The number of nitrogens with zero attached hydrogens (tertiary/aromatic N) is 1. The fourth-order valence-corrected chi connectivity index (χ4v) is 3.07. The monoisotopic (exact) mass is 254 g/mol. The Balaban J connectivity index is 2.07. The number of rotatable bonds is 4. The lowest BCUT2D eigenvalue weighted by atomic mass is 10.2. The van der Waals surface area contributed by atoms with Gasteiger partial charge in [-0.25, -0.2) is 18.1 Å². The number of benzene rings is 1. The van der Waals surface area contributed by atoms with Crippen LogP contribution in [0.15, 0.2) is 46.2 Å². The normalized spacial score (nSPS) is 11.5. The molecule has 16 heavy (non-hydrogen) atoms. The molecule has 0 unspecified atom stereocenters. The lowest BCUT2D eigenvalue weighted by molar-refractivity contribution is 0.580. The van der Waals surface area contributed by atoms with Crippen molar-refractivity contribution in [1.82, 2.24) is 9.71 Å². The number of hydrogen-bond acceptors (Lipinski definition) is 4. The van der Waals surface area contributed by atoms with Crippen molar-refractivity contribution in [3.63, 3.8) is 0 Å². The second-order valence-electron chi connectivity index (χ2n) is 3.11. The second kappa shape index (κ2) is 4.73. The van der Waals surface area contributed by atoms with E-state index in [1.54, 1.807) is 5.38 Å². The molecule has 1 heterocycles. The summed E-state index contributed by atoms with van der Waals surface area (Å²) in [7, 11) is -3.46. The lowest BCUT2D eigenvalue weighted by Crippen LogP contribution is -2.22. The van der Waals surface area contributed by atoms with Crippen LogP contribution in [0, 0.1) is 0 Å². The molecule has 0 saturated heterocycles. The van der Waals surface area contributed by atoms with Gasteiger partial charge in [0.05, 0.1) is 0 Å². The molecule has 0 saturated carbocycles. The summed E-state index contributed by atoms with van der Waals surface area (Å²) >= 11 is 1.10. The summed E-state index contributed by atoms with van der Waals surface area (Å²) in [5.74, 6) is 0. The van der Waals surface area contributed by atoms with Crippen LogP contribution >= 0.6 is 11.3 Å². The van der Waals surface area contributed by atoms with Crippen LogP contribution in [0.2, 0.25) is 0 Å². The maximum Gasteiger partial charge on any atom is 0.268 e. The van der Waals surface area contributed by atoms with Gasteiger partial charge in [-0.05, 0) is 5.56 Å². The Hall–Kier alpha value is -1.24. The quantitative estimate of drug-likeness (QED) is 0.902. The van der Waals surface area contributed by atoms with Gasteiger partial charge in [0.2, 0.25) is 4.34 Å². The molecule has 1 aromatic carbocycles. The molecule has 4 nitrogen and oxygen atoms in total. The average molecular weight is 254 g/mol. The molecule has 0 aliphatic rings. The first-order valence-electron chi connectivity index (χ1n) is 4.61. The largest absolute Gasteiger partial charge is 0.268 e. The fraction of sp³-hybridized carbons (Fsp3) is 0.100. The average Bonchev–Trinajstić information content (AvgIpc) is 2.82. The van der Waals surface area contributed by atoms with Gasteiger partial charge in [-0.2, -0.15) is 0 Å². The van der Waals surface area contributed by atoms with E-state index in [4.69, 9.17) is 0 Å². The van der Waals surface area contributed by atoms with Crippen molar-refractivity contribution in [1.29, 1.82) is 0 Å². The minimum atomic E-state index is -3.46. The fourth-order valence-electron chi connectivity index (χ4n) is 1.18. The van der Waals surface area contributed by atoms with Gasteiger partial charge in [0, 0.05) is 18.1 Å². The number of nitrogens with one attached hydrogen (secondary N) is 1. The van der Waals surface area contributed by atoms with E-state index < -0.39 is 10.0 Å². The lowest BCUT2D eigenvalue weighted by Gasteiger charge is -2.03. The summed E-state index contributed by atoms with van der Waals surface area (Å²) < 4.78 is 26.0. The molecule has 2 rings (SSSR count). The van der Waals surface area contributed by atoms with Crippen molar-refractivity contribution in [3.05, 3.63) is 47.5 Å². The summed E-state index contributed by atoms with van der Waals surface area (Å²) in [6, 6.07) is 9.35. The molecule has 0 spiro atoms. The standard InChI is InChI=1S/C10H10N2O2S2/c13-16(14,10-11-6-7-15-10)12-8-9-4-2-1-3-5-9/h1-7,12H,8H2. The highest BCUT2D eigenvalue weighted by Crippen LogP contribution is 2.11. The maximum absolute atomic E-state index is 11.7. The molecule has 2 aromatic rings. The molecular formula is C10H10N2O2S2. The summed E-state index contributed by atoms with van der Waals surface area (Å²) in [6.45, 7) is 0.281. The van der Waals surface area contributed by atoms with Crippen LogP contribution in [0.1, 0.15) is 5.56 Å². The Morgan fingerprint density at radius 2 is 2.00 bits per heavy atom. The predicted octanol–water partition coefficient (Wildman–Crippen LogP) is 1.62. The van der Waals surface area contributed by atoms with Crippen molar-refractivity contribution in [2.75, 3.05) is 0 Å². The van der Waals surface area contributed by atoms with Gasteiger partial charge < -0.3 is 0 Å². The summed E-state index contributed by atoms with van der Waals surface area (Å²) in [6.07, 6.45) is 1.47. The predicted molar refractivity (Wildman–Crippen MR) is 62.6 cm³/mol. The molecule has 0 atom stereocenters. The van der Waals surface area contributed by atoms with E-state index >= 15 is 0 Å². The van der Waals surface area contributed by atoms with Crippen molar-refractivity contribution >= 4 is 21.4 Å². The number of thiazole rings is 1. The molecule has 6 heteroatoms. The van der Waals surface area contributed by atoms with E-state index in [0.717, 1.165) is 16.9 Å². The van der Waals surface area contributed by atoms with E-state index in [2.05, 4.69) is 9.71 Å². The van der Waals surface area contributed by atoms with Crippen LogP contribution in [0.3, 0.4) is 0 Å². The van der Waals surface area contributed by atoms with Crippen molar-refractivity contribution in [3.8, 4) is 0 Å². The Morgan fingerprint density at radius 3 is 2.62 bits per heavy atom. The summed E-state index contributed by atoms with van der Waals surface area (Å²) in [5, 5.41) is 1.64. The first-order valence-corrected chi connectivity index (χ1v) is 6.98. The Morgan fingerprint density at radius 1 is 1.25 bits per heavy atom. The Kier molecular flexibility index (Phi) is 3.33. The number of aromatic nitrogens is 1. The Bertz CT molecular complexity index is 535. The minimum Gasteiger partial charge on any atom is -0.233 e. The van der Waals surface area contributed by atoms with E-state index in [1.807, 2.05) is 30.3 Å². The zero-order valence-electron chi connectivity index (χ0n) is 8.33. The molecule has 84 valence electrons. The summed E-state index contributed by atoms with van der Waals surface area (Å²) in [5.41, 5.74) is 0.919. The van der Waals surface area contributed by atoms with Gasteiger partial charge >= 0.3 is 0 Å². The van der Waals surface area contributed by atoms with Gasteiger partial charge in [-0.15, -0.1) is 11.3 Å². The van der Waals surface area contributed by atoms with Gasteiger partial charge in [0.15, 0.2) is 0 Å². The SMILES string of the molecule is O=S(=O)(NCc1ccccc1)c1nccs1. The third-order valence-corrected chi connectivity index (χ3v) is 4.55. The van der Waals surface area contributed by atoms with Crippen LogP contribution in [0.25, 0.3) is 0 Å². The van der Waals surface area contributed by atoms with Crippen LogP contribution in [0.4, 0.5) is 0 Å². The maximum atomic E-state index is 11.7. The van der Waals surface area contributed by atoms with E-state index in [1.165, 1.54) is 6.20 Å². The van der Waals surface area contributed by atoms with Crippen molar-refractivity contribution in [2.24, 2.45) is 0 Å². The molecule has 0 aliphatic carbocycles. The van der Waals surface area contributed by atoms with E-state index in [-0.39, 0.29) is 10.9 Å². The molecule has 0 bridgehead atoms. The molecule has 0 fully saturated rings. The van der Waals surface area contributed by atoms with Gasteiger partial charge in [-0.1, -0.05) is 30.3 Å². The first-order chi connectivity index (χ1) is 7.68. The molecule has 0 amide bonds. The summed E-state index contributed by atoms with van der Waals surface area (Å²) in [4.78, 5) is 3.77. The number of sulfonamides is 1. The number of hydrogen-bond donors (Lipinski definition) is 1. The van der Waals surface area contributed by atoms with E-state index in [9.17, 15) is 8.42 Å². The van der Waals surface area contributed by atoms with E-state index in [0.29, 0.717) is 0 Å². The zero-order chi connectivity index (χ0) is 11.4. The molecule has 1 aromatic heterocycles. The second-order valence-corrected chi connectivity index (χ2v) is 5.94. The van der Waals surface area contributed by atoms with Crippen LogP contribution in [-0.4, -0.2) is 13.4 Å². The topological polar surface area (TPSA) is 59.1 Å². The molecule has 0 aliphatic heterocycles. The van der Waals surface area contributed by atoms with Gasteiger partial charge in [0.1, 0.15) is 0 Å². The third-order valence-electron chi connectivity index (χ3n) is 1.95. The Labute approximate surface area is 98.0 Å². The van der Waals surface area contributed by atoms with Crippen molar-refractivity contribution in [2.45, 2.75) is 10.9 Å². The molecular weight excluding hydrogens is 244 g/mol. The zero-order valence-corrected chi connectivity index (χ0v) is 9.96. The minimum absolute atomic E-state index is 0.100. The first kappa shape index (κ1) is 11.3. The highest BCUT2D eigenvalue weighted by Gasteiger charge is 2.15. The van der Waals surface area contributed by atoms with Crippen LogP contribution in [0.5, 0.6) is 0 Å². The van der Waals surface area contributed by atoms with Crippen LogP contribution < -0.4 is 4.72 Å². The van der Waals surface area contributed by atoms with Gasteiger partial charge in [-0.3, -0.25) is 0 Å². The highest BCUT2D eigenvalue weighted by molar-refractivity contribution is 7.91. The smallest absolute Gasteiger partial charge is 0.233 e. The highest BCUT2D eigenvalue weighted by atomic mass is 32.2. The van der Waals surface area contributed by atoms with Crippen molar-refractivity contribution < 1.29 is 8.42 Å².